The first kappa shape index (κ1) is 195. The molecule has 0 aliphatic rings. The molecule has 0 aromatic carbocycles. The molecule has 50 valence electrons. The molecule has 2 radical (unpaired) electrons. The predicted molar refractivity (Wildman–Crippen MR) is 14.9 cm³/mol. The largest absolute Gasteiger partial charge is 3.00 e. The van der Waals surface area contributed by atoms with Gasteiger partial charge in [0.05, 0.1) is 0 Å². The maximum atomic E-state index is 0. The van der Waals surface area contributed by atoms with Gasteiger partial charge in [0.2, 0.25) is 0 Å². The first-order valence-electron chi connectivity index (χ1n) is 0. The van der Waals surface area contributed by atoms with Gasteiger partial charge in [-0.3, -0.25) is 0 Å². The van der Waals surface area contributed by atoms with Crippen LogP contribution >= 0.6 is 0 Å². The van der Waals surface area contributed by atoms with Crippen LogP contribution in [0.5, 0.6) is 0 Å². The molecule has 0 spiro atoms. The van der Waals surface area contributed by atoms with Gasteiger partial charge in [0.1, 0.15) is 0 Å². The second-order valence-corrected chi connectivity index (χ2v) is 0. The zero-order valence-corrected chi connectivity index (χ0v) is 12.9. The molecule has 0 aliphatic carbocycles. The van der Waals surface area contributed by atoms with E-state index in [-0.39, 0.29) is 113 Å². The van der Waals surface area contributed by atoms with Gasteiger partial charge in [0.25, 0.3) is 0 Å². The van der Waals surface area contributed by atoms with Gasteiger partial charge in [0.15, 0.2) is 0 Å². The molecule has 0 N–H and O–H groups in total. The summed E-state index contributed by atoms with van der Waals surface area (Å²) in [4.78, 5) is 0. The molecule has 0 aliphatic heterocycles. The number of hydrogen-bond acceptors (Lipinski definition) is 0. The van der Waals surface area contributed by atoms with E-state index < -0.39 is 0 Å². The van der Waals surface area contributed by atoms with Crippen molar-refractivity contribution < 1.29 is 61.5 Å². The van der Waals surface area contributed by atoms with E-state index in [0.717, 1.165) is 0 Å². The Morgan fingerprint density at radius 1 is 0.333 bits per heavy atom. The maximum Gasteiger partial charge on any atom is 3.00 e. The minimum Gasteiger partial charge on any atom is -2.00 e. The molecule has 9 heteroatoms. The fourth-order valence-electron chi connectivity index (χ4n) is 0. The summed E-state index contributed by atoms with van der Waals surface area (Å²) in [5.41, 5.74) is 0. The van der Waals surface area contributed by atoms with Gasteiger partial charge in [-0.1, -0.05) is 0 Å². The molecular weight excluding hydrogens is 420 g/mol. The molecule has 9 heavy (non-hydrogen) atoms. The number of hydrogen-bond donors (Lipinski definition) is 0. The zero-order valence-electron chi connectivity index (χ0n) is 3.95. The third-order valence-electron chi connectivity index (χ3n) is 0. The molecule has 5 nitrogen and oxygen atoms in total. The van der Waals surface area contributed by atoms with Crippen LogP contribution in [0.15, 0.2) is 0 Å². The summed E-state index contributed by atoms with van der Waals surface area (Å²) in [6.45, 7) is 0. The van der Waals surface area contributed by atoms with Crippen LogP contribution in [0.4, 0.5) is 0 Å². The Bertz CT molecular complexity index is 12.9. The van der Waals surface area contributed by atoms with Crippen molar-refractivity contribution in [1.29, 1.82) is 0 Å². The molecule has 0 saturated heterocycles. The molecule has 0 aromatic heterocycles. The van der Waals surface area contributed by atoms with E-state index in [1.54, 1.807) is 0 Å². The Hall–Kier alpha value is 2.58. The predicted octanol–water partition coefficient (Wildman–Crippen LogP) is -1.36. The second-order valence-electron chi connectivity index (χ2n) is 0. The van der Waals surface area contributed by atoms with Gasteiger partial charge >= 0.3 is 85.8 Å². The van der Waals surface area contributed by atoms with Crippen LogP contribution < -0.4 is 0 Å². The Kier molecular flexibility index (Phi) is 3160. The van der Waals surface area contributed by atoms with Crippen molar-refractivity contribution >= 4 is 51.7 Å². The Morgan fingerprint density at radius 2 is 0.333 bits per heavy atom. The van der Waals surface area contributed by atoms with Crippen molar-refractivity contribution in [3.8, 4) is 0 Å². The van der Waals surface area contributed by atoms with Crippen molar-refractivity contribution in [1.82, 2.24) is 0 Å². The SMILES string of the molecule is [In+3].[In+3].[Mn+2].[Mn+2].[O-2].[O-2].[O-2].[O-2].[O-2]. The topological polar surface area (TPSA) is 142 Å². The van der Waals surface area contributed by atoms with Crippen LogP contribution in [-0.4, -0.2) is 51.7 Å². The fourth-order valence-corrected chi connectivity index (χ4v) is 0. The average molecular weight is 420 g/mol. The van der Waals surface area contributed by atoms with Gasteiger partial charge in [-0.15, -0.1) is 0 Å². The zero-order chi connectivity index (χ0) is 0. The van der Waals surface area contributed by atoms with Crippen LogP contribution in [0, 0.1) is 0 Å². The molecule has 0 amide bonds. The smallest absolute Gasteiger partial charge is 2.00 e. The maximum absolute atomic E-state index is 0. The van der Waals surface area contributed by atoms with Crippen molar-refractivity contribution in [3.05, 3.63) is 0 Å². The monoisotopic (exact) mass is 420 g/mol. The minimum absolute atomic E-state index is 0. The fraction of sp³-hybridized carbons (Fsp3) is 0. The molecule has 0 heterocycles. The molecular formula is In2Mn2O5. The van der Waals surface area contributed by atoms with Crippen LogP contribution in [0.25, 0.3) is 0 Å². The van der Waals surface area contributed by atoms with E-state index in [2.05, 4.69) is 0 Å². The van der Waals surface area contributed by atoms with Crippen LogP contribution in [0.3, 0.4) is 0 Å². The molecule has 0 unspecified atom stereocenters. The molecule has 0 aromatic rings. The summed E-state index contributed by atoms with van der Waals surface area (Å²) >= 11 is 0. The Labute approximate surface area is 112 Å². The average Bonchev–Trinajstić information content (AvgIpc) is 0. The summed E-state index contributed by atoms with van der Waals surface area (Å²) in [6, 6.07) is 0. The van der Waals surface area contributed by atoms with Gasteiger partial charge in [-0.2, -0.15) is 0 Å². The van der Waals surface area contributed by atoms with E-state index in [1.807, 2.05) is 0 Å². The molecule has 0 bridgehead atoms. The van der Waals surface area contributed by atoms with E-state index >= 15 is 0 Å². The summed E-state index contributed by atoms with van der Waals surface area (Å²) in [5, 5.41) is 0. The third kappa shape index (κ3) is 117. The minimum atomic E-state index is 0. The second kappa shape index (κ2) is 146. The normalized spacial score (nSPS) is 0. The van der Waals surface area contributed by atoms with Crippen LogP contribution in [-0.2, 0) is 61.5 Å². The third-order valence-corrected chi connectivity index (χ3v) is 0. The quantitative estimate of drug-likeness (QED) is 0.428. The molecule has 0 saturated carbocycles. The van der Waals surface area contributed by atoms with E-state index in [4.69, 9.17) is 0 Å². The van der Waals surface area contributed by atoms with E-state index in [9.17, 15) is 0 Å². The first-order chi connectivity index (χ1) is 0. The summed E-state index contributed by atoms with van der Waals surface area (Å²) in [6.07, 6.45) is 0. The van der Waals surface area contributed by atoms with Gasteiger partial charge in [-0.05, 0) is 0 Å². The molecule has 0 rings (SSSR count). The van der Waals surface area contributed by atoms with Gasteiger partial charge in [-0.25, -0.2) is 0 Å². The molecule has 0 atom stereocenters. The first-order valence-corrected chi connectivity index (χ1v) is 0. The van der Waals surface area contributed by atoms with Gasteiger partial charge < -0.3 is 27.4 Å². The summed E-state index contributed by atoms with van der Waals surface area (Å²) < 4.78 is 0. The van der Waals surface area contributed by atoms with Crippen LogP contribution in [0.2, 0.25) is 0 Å². The Morgan fingerprint density at radius 3 is 0.333 bits per heavy atom. The van der Waals surface area contributed by atoms with Crippen molar-refractivity contribution in [2.24, 2.45) is 0 Å². The number of rotatable bonds is 0. The standard InChI is InChI=1S/2In.2Mn.5O/q2*+3;2*+2;5*-2. The van der Waals surface area contributed by atoms with Crippen LogP contribution in [0.1, 0.15) is 0 Å². The van der Waals surface area contributed by atoms with Crippen molar-refractivity contribution in [3.63, 3.8) is 0 Å². The van der Waals surface area contributed by atoms with Gasteiger partial charge in [0, 0.05) is 0 Å². The van der Waals surface area contributed by atoms with Crippen molar-refractivity contribution in [2.45, 2.75) is 0 Å². The molecule has 0 fully saturated rings. The van der Waals surface area contributed by atoms with Crippen molar-refractivity contribution in [2.75, 3.05) is 0 Å². The summed E-state index contributed by atoms with van der Waals surface area (Å²) in [5.74, 6) is 0. The van der Waals surface area contributed by atoms with E-state index in [1.165, 1.54) is 0 Å². The Balaban J connectivity index is 0. The van der Waals surface area contributed by atoms with E-state index in [0.29, 0.717) is 0 Å². The summed E-state index contributed by atoms with van der Waals surface area (Å²) in [7, 11) is 0.